The Labute approximate surface area is 112 Å². The first-order valence-corrected chi connectivity index (χ1v) is 7.61. The van der Waals surface area contributed by atoms with Gasteiger partial charge in [0.15, 0.2) is 0 Å². The molecule has 1 fully saturated rings. The molecule has 0 heterocycles. The van der Waals surface area contributed by atoms with Gasteiger partial charge < -0.3 is 5.11 Å². The Kier molecular flexibility index (Phi) is 5.68. The Morgan fingerprint density at radius 3 is 2.17 bits per heavy atom. The lowest BCUT2D eigenvalue weighted by molar-refractivity contribution is -0.152. The molecule has 0 aromatic carbocycles. The molecule has 1 saturated carbocycles. The quantitative estimate of drug-likeness (QED) is 0.744. The molecule has 0 saturated heterocycles. The molecule has 1 aliphatic carbocycles. The highest BCUT2D eigenvalue weighted by molar-refractivity contribution is 5.74. The van der Waals surface area contributed by atoms with E-state index in [2.05, 4.69) is 27.7 Å². The fourth-order valence-corrected chi connectivity index (χ4v) is 3.28. The highest BCUT2D eigenvalue weighted by Crippen LogP contribution is 2.45. The van der Waals surface area contributed by atoms with Crippen molar-refractivity contribution in [2.45, 2.75) is 72.6 Å². The lowest BCUT2D eigenvalue weighted by Crippen LogP contribution is -2.36. The van der Waals surface area contributed by atoms with E-state index in [4.69, 9.17) is 0 Å². The van der Waals surface area contributed by atoms with Crippen LogP contribution < -0.4 is 0 Å². The number of aliphatic carboxylic acids is 1. The molecule has 0 bridgehead atoms. The highest BCUT2D eigenvalue weighted by Gasteiger charge is 2.41. The molecule has 1 N–H and O–H groups in total. The minimum absolute atomic E-state index is 0.402. The fraction of sp³-hybridized carbons (Fsp3) is 0.938. The molecule has 18 heavy (non-hydrogen) atoms. The first-order chi connectivity index (χ1) is 8.37. The molecule has 1 rings (SSSR count). The van der Waals surface area contributed by atoms with Crippen LogP contribution in [0.15, 0.2) is 0 Å². The summed E-state index contributed by atoms with van der Waals surface area (Å²) in [5, 5.41) is 9.58. The summed E-state index contributed by atoms with van der Waals surface area (Å²) >= 11 is 0. The third kappa shape index (κ3) is 4.00. The van der Waals surface area contributed by atoms with Gasteiger partial charge in [-0.15, -0.1) is 0 Å². The molecule has 106 valence electrons. The van der Waals surface area contributed by atoms with E-state index in [0.717, 1.165) is 50.9 Å². The van der Waals surface area contributed by atoms with Gasteiger partial charge in [-0.3, -0.25) is 4.79 Å². The summed E-state index contributed by atoms with van der Waals surface area (Å²) in [6.45, 7) is 8.95. The van der Waals surface area contributed by atoms with Crippen LogP contribution in [0.25, 0.3) is 0 Å². The molecule has 0 amide bonds. The van der Waals surface area contributed by atoms with Crippen molar-refractivity contribution < 1.29 is 9.90 Å². The number of hydrogen-bond donors (Lipinski definition) is 1. The Balaban J connectivity index is 2.53. The number of carbonyl (C=O) groups is 1. The van der Waals surface area contributed by atoms with Crippen molar-refractivity contribution in [1.82, 2.24) is 0 Å². The van der Waals surface area contributed by atoms with Gasteiger partial charge in [-0.25, -0.2) is 0 Å². The third-order valence-corrected chi connectivity index (χ3v) is 4.82. The van der Waals surface area contributed by atoms with Crippen LogP contribution in [0.1, 0.15) is 72.6 Å². The van der Waals surface area contributed by atoms with Gasteiger partial charge in [0.1, 0.15) is 0 Å². The van der Waals surface area contributed by atoms with Crippen LogP contribution in [0.2, 0.25) is 0 Å². The van der Waals surface area contributed by atoms with Crippen molar-refractivity contribution in [3.8, 4) is 0 Å². The monoisotopic (exact) mass is 254 g/mol. The lowest BCUT2D eigenvalue weighted by atomic mass is 9.66. The first kappa shape index (κ1) is 15.5. The first-order valence-electron chi connectivity index (χ1n) is 7.61. The maximum atomic E-state index is 11.6. The fourth-order valence-electron chi connectivity index (χ4n) is 3.28. The van der Waals surface area contributed by atoms with E-state index in [-0.39, 0.29) is 0 Å². The zero-order valence-corrected chi connectivity index (χ0v) is 12.5. The van der Waals surface area contributed by atoms with Gasteiger partial charge in [-0.1, -0.05) is 40.5 Å². The van der Waals surface area contributed by atoms with Crippen LogP contribution >= 0.6 is 0 Å². The molecule has 0 atom stereocenters. The van der Waals surface area contributed by atoms with Gasteiger partial charge >= 0.3 is 5.97 Å². The number of carboxylic acid groups (broad SMARTS) is 1. The Morgan fingerprint density at radius 2 is 1.78 bits per heavy atom. The van der Waals surface area contributed by atoms with Crippen molar-refractivity contribution in [1.29, 1.82) is 0 Å². The van der Waals surface area contributed by atoms with Gasteiger partial charge in [-0.05, 0) is 49.9 Å². The molecular weight excluding hydrogens is 224 g/mol. The third-order valence-electron chi connectivity index (χ3n) is 4.82. The summed E-state index contributed by atoms with van der Waals surface area (Å²) in [6.07, 6.45) is 7.09. The second-order valence-corrected chi connectivity index (χ2v) is 6.95. The predicted molar refractivity (Wildman–Crippen MR) is 75.6 cm³/mol. The Hall–Kier alpha value is -0.530. The van der Waals surface area contributed by atoms with Crippen molar-refractivity contribution in [3.63, 3.8) is 0 Å². The Morgan fingerprint density at radius 1 is 1.22 bits per heavy atom. The standard InChI is InChI=1S/C16H30O2/c1-12(2)6-5-9-16(15(17)18)10-7-14(8-11-16)13(3)4/h12-14H,5-11H2,1-4H3,(H,17,18). The molecular formula is C16H30O2. The average Bonchev–Trinajstić information content (AvgIpc) is 2.28. The molecule has 0 aromatic heterocycles. The molecule has 0 aromatic rings. The van der Waals surface area contributed by atoms with E-state index in [1.165, 1.54) is 0 Å². The SMILES string of the molecule is CC(C)CCCC1(C(=O)O)CCC(C(C)C)CC1. The van der Waals surface area contributed by atoms with Crippen LogP contribution in [0.5, 0.6) is 0 Å². The van der Waals surface area contributed by atoms with Crippen LogP contribution in [0.3, 0.4) is 0 Å². The molecule has 0 unspecified atom stereocenters. The van der Waals surface area contributed by atoms with E-state index < -0.39 is 11.4 Å². The lowest BCUT2D eigenvalue weighted by Gasteiger charge is -2.38. The summed E-state index contributed by atoms with van der Waals surface area (Å²) in [5.41, 5.74) is -0.402. The van der Waals surface area contributed by atoms with Crippen molar-refractivity contribution in [3.05, 3.63) is 0 Å². The largest absolute Gasteiger partial charge is 0.481 e. The van der Waals surface area contributed by atoms with Gasteiger partial charge in [0.2, 0.25) is 0 Å². The zero-order chi connectivity index (χ0) is 13.8. The normalized spacial score (nSPS) is 28.9. The van der Waals surface area contributed by atoms with E-state index in [1.54, 1.807) is 0 Å². The molecule has 0 radical (unpaired) electrons. The number of carboxylic acids is 1. The number of rotatable bonds is 6. The summed E-state index contributed by atoms with van der Waals surface area (Å²) in [5.74, 6) is 1.58. The molecule has 1 aliphatic rings. The number of hydrogen-bond acceptors (Lipinski definition) is 1. The summed E-state index contributed by atoms with van der Waals surface area (Å²) in [7, 11) is 0. The molecule has 2 heteroatoms. The molecule has 0 aliphatic heterocycles. The molecule has 0 spiro atoms. The second-order valence-electron chi connectivity index (χ2n) is 6.95. The van der Waals surface area contributed by atoms with Crippen LogP contribution in [-0.4, -0.2) is 11.1 Å². The van der Waals surface area contributed by atoms with Crippen molar-refractivity contribution >= 4 is 5.97 Å². The Bertz CT molecular complexity index is 255. The van der Waals surface area contributed by atoms with Gasteiger partial charge in [0.25, 0.3) is 0 Å². The average molecular weight is 254 g/mol. The summed E-state index contributed by atoms with van der Waals surface area (Å²) < 4.78 is 0. The summed E-state index contributed by atoms with van der Waals surface area (Å²) in [6, 6.07) is 0. The van der Waals surface area contributed by atoms with Crippen molar-refractivity contribution in [2.75, 3.05) is 0 Å². The van der Waals surface area contributed by atoms with E-state index >= 15 is 0 Å². The summed E-state index contributed by atoms with van der Waals surface area (Å²) in [4.78, 5) is 11.6. The predicted octanol–water partition coefficient (Wildman–Crippen LogP) is 4.73. The minimum Gasteiger partial charge on any atom is -0.481 e. The van der Waals surface area contributed by atoms with E-state index in [1.807, 2.05) is 0 Å². The zero-order valence-electron chi connectivity index (χ0n) is 12.5. The maximum absolute atomic E-state index is 11.6. The minimum atomic E-state index is -0.548. The van der Waals surface area contributed by atoms with Gasteiger partial charge in [0, 0.05) is 0 Å². The van der Waals surface area contributed by atoms with Gasteiger partial charge in [0.05, 0.1) is 5.41 Å². The van der Waals surface area contributed by atoms with Crippen LogP contribution in [0, 0.1) is 23.2 Å². The highest BCUT2D eigenvalue weighted by atomic mass is 16.4. The topological polar surface area (TPSA) is 37.3 Å². The maximum Gasteiger partial charge on any atom is 0.309 e. The smallest absolute Gasteiger partial charge is 0.309 e. The van der Waals surface area contributed by atoms with Crippen LogP contribution in [-0.2, 0) is 4.79 Å². The second kappa shape index (κ2) is 6.58. The van der Waals surface area contributed by atoms with E-state index in [0.29, 0.717) is 11.8 Å². The van der Waals surface area contributed by atoms with Crippen LogP contribution in [0.4, 0.5) is 0 Å². The van der Waals surface area contributed by atoms with Gasteiger partial charge in [-0.2, -0.15) is 0 Å². The van der Waals surface area contributed by atoms with E-state index in [9.17, 15) is 9.90 Å². The molecule has 2 nitrogen and oxygen atoms in total. The van der Waals surface area contributed by atoms with Crippen molar-refractivity contribution in [2.24, 2.45) is 23.2 Å².